The van der Waals surface area contributed by atoms with Gasteiger partial charge in [0.25, 0.3) is 0 Å². The maximum absolute atomic E-state index is 5.86. The zero-order valence-corrected chi connectivity index (χ0v) is 13.5. The molecule has 2 aromatic rings. The molecule has 4 nitrogen and oxygen atoms in total. The molecule has 4 heteroatoms. The summed E-state index contributed by atoms with van der Waals surface area (Å²) in [4.78, 5) is 2.24. The van der Waals surface area contributed by atoms with Crippen LogP contribution in [-0.4, -0.2) is 13.6 Å². The van der Waals surface area contributed by atoms with Crippen LogP contribution in [0, 0.1) is 5.92 Å². The van der Waals surface area contributed by atoms with Crippen molar-refractivity contribution in [3.05, 3.63) is 48.0 Å². The minimum atomic E-state index is 0.405. The summed E-state index contributed by atoms with van der Waals surface area (Å²) in [5.41, 5.74) is 14.3. The molecular formula is C18H25N3O. The average molecular weight is 299 g/mol. The van der Waals surface area contributed by atoms with E-state index in [4.69, 9.17) is 16.2 Å². The number of hydrogen-bond acceptors (Lipinski definition) is 4. The van der Waals surface area contributed by atoms with E-state index in [1.807, 2.05) is 30.3 Å². The molecule has 0 atom stereocenters. The maximum atomic E-state index is 5.86. The van der Waals surface area contributed by atoms with Crippen LogP contribution in [0.3, 0.4) is 0 Å². The summed E-state index contributed by atoms with van der Waals surface area (Å²) in [5, 5.41) is 0. The molecule has 0 saturated heterocycles. The van der Waals surface area contributed by atoms with Gasteiger partial charge in [0.15, 0.2) is 0 Å². The first-order valence-electron chi connectivity index (χ1n) is 7.57. The fourth-order valence-corrected chi connectivity index (χ4v) is 2.38. The van der Waals surface area contributed by atoms with Crippen LogP contribution in [-0.2, 0) is 6.54 Å². The Morgan fingerprint density at radius 3 is 2.27 bits per heavy atom. The van der Waals surface area contributed by atoms with Crippen LogP contribution in [0.5, 0.6) is 11.5 Å². The van der Waals surface area contributed by atoms with Crippen molar-refractivity contribution in [1.29, 1.82) is 0 Å². The second kappa shape index (κ2) is 7.18. The number of hydrogen-bond donors (Lipinski definition) is 2. The topological polar surface area (TPSA) is 64.5 Å². The van der Waals surface area contributed by atoms with Gasteiger partial charge in [-0.2, -0.15) is 0 Å². The zero-order chi connectivity index (χ0) is 16.1. The van der Waals surface area contributed by atoms with Crippen LogP contribution in [0.15, 0.2) is 42.5 Å². The predicted octanol–water partition coefficient (Wildman–Crippen LogP) is 3.61. The monoisotopic (exact) mass is 299 g/mol. The lowest BCUT2D eigenvalue weighted by Gasteiger charge is -2.21. The normalized spacial score (nSPS) is 10.8. The first-order chi connectivity index (χ1) is 10.5. The van der Waals surface area contributed by atoms with Crippen LogP contribution in [0.1, 0.15) is 19.4 Å². The molecule has 0 aliphatic rings. The quantitative estimate of drug-likeness (QED) is 0.800. The Kier molecular flexibility index (Phi) is 5.28. The summed E-state index contributed by atoms with van der Waals surface area (Å²) in [6.07, 6.45) is 0. The third-order valence-electron chi connectivity index (χ3n) is 3.49. The lowest BCUT2D eigenvalue weighted by molar-refractivity contribution is 0.482. The second-order valence-corrected chi connectivity index (χ2v) is 5.94. The van der Waals surface area contributed by atoms with Crippen molar-refractivity contribution in [3.8, 4) is 11.5 Å². The first kappa shape index (κ1) is 16.2. The Labute approximate surface area is 132 Å². The van der Waals surface area contributed by atoms with Gasteiger partial charge >= 0.3 is 0 Å². The molecule has 22 heavy (non-hydrogen) atoms. The second-order valence-electron chi connectivity index (χ2n) is 5.94. The van der Waals surface area contributed by atoms with Crippen LogP contribution >= 0.6 is 0 Å². The van der Waals surface area contributed by atoms with E-state index >= 15 is 0 Å². The van der Waals surface area contributed by atoms with Gasteiger partial charge in [-0.1, -0.05) is 13.8 Å². The van der Waals surface area contributed by atoms with Crippen molar-refractivity contribution in [2.75, 3.05) is 24.2 Å². The number of ether oxygens (including phenoxy) is 1. The van der Waals surface area contributed by atoms with Gasteiger partial charge in [0.05, 0.1) is 0 Å². The lowest BCUT2D eigenvalue weighted by atomic mass is 10.1. The molecule has 4 N–H and O–H groups in total. The van der Waals surface area contributed by atoms with Gasteiger partial charge in [0, 0.05) is 31.5 Å². The van der Waals surface area contributed by atoms with Gasteiger partial charge in [-0.05, 0) is 53.9 Å². The van der Waals surface area contributed by atoms with Gasteiger partial charge in [-0.15, -0.1) is 0 Å². The molecule has 0 fully saturated rings. The number of rotatable bonds is 6. The summed E-state index contributed by atoms with van der Waals surface area (Å²) in [6.45, 7) is 5.86. The molecule has 0 bridgehead atoms. The third kappa shape index (κ3) is 4.15. The van der Waals surface area contributed by atoms with Crippen molar-refractivity contribution in [1.82, 2.24) is 0 Å². The van der Waals surface area contributed by atoms with E-state index in [1.165, 1.54) is 5.69 Å². The van der Waals surface area contributed by atoms with Gasteiger partial charge in [-0.3, -0.25) is 0 Å². The minimum absolute atomic E-state index is 0.405. The average Bonchev–Trinajstić information content (AvgIpc) is 2.49. The predicted molar refractivity (Wildman–Crippen MR) is 93.4 cm³/mol. The highest BCUT2D eigenvalue weighted by Crippen LogP contribution is 2.26. The molecule has 0 spiro atoms. The van der Waals surface area contributed by atoms with Crippen molar-refractivity contribution >= 4 is 11.4 Å². The molecule has 2 aromatic carbocycles. The Morgan fingerprint density at radius 1 is 1.05 bits per heavy atom. The molecule has 0 aromatic heterocycles. The smallest absolute Gasteiger partial charge is 0.127 e. The molecule has 0 radical (unpaired) electrons. The summed E-state index contributed by atoms with van der Waals surface area (Å²) >= 11 is 0. The van der Waals surface area contributed by atoms with Crippen molar-refractivity contribution in [2.45, 2.75) is 20.4 Å². The zero-order valence-electron chi connectivity index (χ0n) is 13.5. The lowest BCUT2D eigenvalue weighted by Crippen LogP contribution is -2.22. The highest BCUT2D eigenvalue weighted by atomic mass is 16.5. The highest BCUT2D eigenvalue weighted by molar-refractivity contribution is 5.52. The number of nitrogens with two attached hydrogens (primary N) is 2. The Morgan fingerprint density at radius 2 is 1.68 bits per heavy atom. The van der Waals surface area contributed by atoms with E-state index in [9.17, 15) is 0 Å². The minimum Gasteiger partial charge on any atom is -0.457 e. The number of nitrogen functional groups attached to an aromatic ring is 1. The summed E-state index contributed by atoms with van der Waals surface area (Å²) in [7, 11) is 2.10. The van der Waals surface area contributed by atoms with E-state index in [-0.39, 0.29) is 0 Å². The molecule has 2 rings (SSSR count). The Bertz CT molecular complexity index is 608. The Hall–Kier alpha value is -2.20. The van der Waals surface area contributed by atoms with E-state index in [1.54, 1.807) is 0 Å². The van der Waals surface area contributed by atoms with E-state index in [0.29, 0.717) is 18.2 Å². The van der Waals surface area contributed by atoms with Crippen LogP contribution < -0.4 is 21.1 Å². The van der Waals surface area contributed by atoms with E-state index in [2.05, 4.69) is 37.9 Å². The molecule has 0 amide bonds. The van der Waals surface area contributed by atoms with Crippen LogP contribution in [0.4, 0.5) is 11.4 Å². The van der Waals surface area contributed by atoms with Crippen molar-refractivity contribution < 1.29 is 4.74 Å². The SMILES string of the molecule is CC(C)CN(C)c1ccc(Oc2ccc(N)c(CN)c2)cc1. The van der Waals surface area contributed by atoms with E-state index in [0.717, 1.165) is 23.6 Å². The largest absolute Gasteiger partial charge is 0.457 e. The summed E-state index contributed by atoms with van der Waals surface area (Å²) in [6, 6.07) is 13.6. The number of benzene rings is 2. The molecule has 0 aliphatic heterocycles. The number of anilines is 2. The summed E-state index contributed by atoms with van der Waals surface area (Å²) < 4.78 is 5.86. The van der Waals surface area contributed by atoms with Crippen LogP contribution in [0.25, 0.3) is 0 Å². The highest BCUT2D eigenvalue weighted by Gasteiger charge is 2.05. The Balaban J connectivity index is 2.08. The molecule has 0 aliphatic carbocycles. The summed E-state index contributed by atoms with van der Waals surface area (Å²) in [5.74, 6) is 2.18. The van der Waals surface area contributed by atoms with Crippen LogP contribution in [0.2, 0.25) is 0 Å². The molecule has 118 valence electrons. The first-order valence-corrected chi connectivity index (χ1v) is 7.57. The molecule has 0 unspecified atom stereocenters. The molecule has 0 heterocycles. The number of nitrogens with zero attached hydrogens (tertiary/aromatic N) is 1. The molecular weight excluding hydrogens is 274 g/mol. The van der Waals surface area contributed by atoms with Crippen molar-refractivity contribution in [2.24, 2.45) is 11.7 Å². The third-order valence-corrected chi connectivity index (χ3v) is 3.49. The fourth-order valence-electron chi connectivity index (χ4n) is 2.38. The van der Waals surface area contributed by atoms with Gasteiger partial charge in [0.2, 0.25) is 0 Å². The van der Waals surface area contributed by atoms with Crippen molar-refractivity contribution in [3.63, 3.8) is 0 Å². The van der Waals surface area contributed by atoms with Gasteiger partial charge in [0.1, 0.15) is 11.5 Å². The van der Waals surface area contributed by atoms with Gasteiger partial charge in [-0.25, -0.2) is 0 Å². The standard InChI is InChI=1S/C18H25N3O/c1-13(2)12-21(3)15-4-6-16(7-5-15)22-17-8-9-18(20)14(10-17)11-19/h4-10,13H,11-12,19-20H2,1-3H3. The fraction of sp³-hybridized carbons (Fsp3) is 0.333. The van der Waals surface area contributed by atoms with E-state index < -0.39 is 0 Å². The maximum Gasteiger partial charge on any atom is 0.127 e. The molecule has 0 saturated carbocycles. The van der Waals surface area contributed by atoms with Gasteiger partial charge < -0.3 is 21.1 Å².